The minimum atomic E-state index is 0.794. The highest BCUT2D eigenvalue weighted by molar-refractivity contribution is 7.11. The molecule has 78 valence electrons. The van der Waals surface area contributed by atoms with Gasteiger partial charge in [0, 0.05) is 15.8 Å². The second-order valence-corrected chi connectivity index (χ2v) is 5.31. The van der Waals surface area contributed by atoms with Crippen LogP contribution >= 0.6 is 11.3 Å². The van der Waals surface area contributed by atoms with Crippen molar-refractivity contribution in [3.05, 3.63) is 21.9 Å². The molecule has 1 saturated heterocycles. The molecule has 1 aromatic heterocycles. The SMILES string of the molecule is CCc1ccc(CCC2CCCN2)s1. The maximum Gasteiger partial charge on any atom is 0.00709 e. The molecule has 1 nitrogen and oxygen atoms in total. The predicted molar refractivity (Wildman–Crippen MR) is 63.0 cm³/mol. The van der Waals surface area contributed by atoms with Gasteiger partial charge >= 0.3 is 0 Å². The van der Waals surface area contributed by atoms with Gasteiger partial charge in [-0.05, 0) is 50.8 Å². The topological polar surface area (TPSA) is 12.0 Å². The van der Waals surface area contributed by atoms with Crippen molar-refractivity contribution in [2.75, 3.05) is 6.54 Å². The quantitative estimate of drug-likeness (QED) is 0.804. The lowest BCUT2D eigenvalue weighted by molar-refractivity contribution is 0.561. The zero-order valence-corrected chi connectivity index (χ0v) is 9.70. The summed E-state index contributed by atoms with van der Waals surface area (Å²) in [7, 11) is 0. The first kappa shape index (κ1) is 10.2. The molecule has 0 spiro atoms. The summed E-state index contributed by atoms with van der Waals surface area (Å²) in [5.41, 5.74) is 0. The Morgan fingerprint density at radius 2 is 2.29 bits per heavy atom. The number of rotatable bonds is 4. The van der Waals surface area contributed by atoms with Gasteiger partial charge in [0.25, 0.3) is 0 Å². The van der Waals surface area contributed by atoms with Crippen LogP contribution in [0, 0.1) is 0 Å². The van der Waals surface area contributed by atoms with Crippen molar-refractivity contribution >= 4 is 11.3 Å². The molecule has 1 fully saturated rings. The summed E-state index contributed by atoms with van der Waals surface area (Å²) in [4.78, 5) is 3.09. The van der Waals surface area contributed by atoms with E-state index in [0.29, 0.717) is 0 Å². The number of hydrogen-bond acceptors (Lipinski definition) is 2. The summed E-state index contributed by atoms with van der Waals surface area (Å²) < 4.78 is 0. The Kier molecular flexibility index (Phi) is 3.60. The Morgan fingerprint density at radius 3 is 2.93 bits per heavy atom. The molecule has 2 rings (SSSR count). The van der Waals surface area contributed by atoms with Crippen molar-refractivity contribution in [2.24, 2.45) is 0 Å². The van der Waals surface area contributed by atoms with Crippen molar-refractivity contribution in [1.29, 1.82) is 0 Å². The molecule has 1 N–H and O–H groups in total. The first-order chi connectivity index (χ1) is 6.88. The van der Waals surface area contributed by atoms with Crippen LogP contribution in [0.5, 0.6) is 0 Å². The van der Waals surface area contributed by atoms with Gasteiger partial charge in [-0.3, -0.25) is 0 Å². The third-order valence-electron chi connectivity index (χ3n) is 2.97. The lowest BCUT2D eigenvalue weighted by Crippen LogP contribution is -2.21. The zero-order chi connectivity index (χ0) is 9.80. The normalized spacial score (nSPS) is 21.6. The second kappa shape index (κ2) is 4.94. The Labute approximate surface area is 90.5 Å². The second-order valence-electron chi connectivity index (χ2n) is 4.05. The van der Waals surface area contributed by atoms with Crippen LogP contribution in [0.3, 0.4) is 0 Å². The van der Waals surface area contributed by atoms with Crippen LogP contribution in [0.4, 0.5) is 0 Å². The van der Waals surface area contributed by atoms with Crippen LogP contribution in [0.2, 0.25) is 0 Å². The highest BCUT2D eigenvalue weighted by atomic mass is 32.1. The fourth-order valence-corrected chi connectivity index (χ4v) is 3.04. The van der Waals surface area contributed by atoms with Gasteiger partial charge in [0.15, 0.2) is 0 Å². The van der Waals surface area contributed by atoms with Gasteiger partial charge in [-0.15, -0.1) is 11.3 Å². The third kappa shape index (κ3) is 2.58. The molecule has 1 atom stereocenters. The molecule has 1 unspecified atom stereocenters. The van der Waals surface area contributed by atoms with E-state index < -0.39 is 0 Å². The molecule has 1 aromatic rings. The van der Waals surface area contributed by atoms with E-state index in [1.54, 1.807) is 4.88 Å². The number of aryl methyl sites for hydroxylation is 2. The van der Waals surface area contributed by atoms with Crippen LogP contribution in [-0.2, 0) is 12.8 Å². The van der Waals surface area contributed by atoms with Crippen molar-refractivity contribution in [2.45, 2.75) is 45.1 Å². The maximum atomic E-state index is 3.55. The summed E-state index contributed by atoms with van der Waals surface area (Å²) in [6.07, 6.45) is 6.53. The predicted octanol–water partition coefficient (Wildman–Crippen LogP) is 3.00. The zero-order valence-electron chi connectivity index (χ0n) is 8.88. The lowest BCUT2D eigenvalue weighted by Gasteiger charge is -2.07. The number of nitrogens with one attached hydrogen (secondary N) is 1. The van der Waals surface area contributed by atoms with E-state index in [4.69, 9.17) is 0 Å². The van der Waals surface area contributed by atoms with Gasteiger partial charge in [-0.25, -0.2) is 0 Å². The van der Waals surface area contributed by atoms with Gasteiger partial charge in [0.05, 0.1) is 0 Å². The summed E-state index contributed by atoms with van der Waals surface area (Å²) in [6, 6.07) is 5.38. The van der Waals surface area contributed by atoms with E-state index in [2.05, 4.69) is 24.4 Å². The summed E-state index contributed by atoms with van der Waals surface area (Å²) in [5, 5.41) is 3.55. The van der Waals surface area contributed by atoms with Gasteiger partial charge in [0.1, 0.15) is 0 Å². The third-order valence-corrected chi connectivity index (χ3v) is 4.26. The summed E-state index contributed by atoms with van der Waals surface area (Å²) in [5.74, 6) is 0. The minimum Gasteiger partial charge on any atom is -0.314 e. The first-order valence-electron chi connectivity index (χ1n) is 5.69. The Bertz CT molecular complexity index is 274. The van der Waals surface area contributed by atoms with Crippen LogP contribution in [0.15, 0.2) is 12.1 Å². The van der Waals surface area contributed by atoms with E-state index in [1.807, 2.05) is 11.3 Å². The Balaban J connectivity index is 1.79. The Morgan fingerprint density at radius 1 is 1.43 bits per heavy atom. The Hall–Kier alpha value is -0.340. The van der Waals surface area contributed by atoms with E-state index in [0.717, 1.165) is 6.04 Å². The fourth-order valence-electron chi connectivity index (χ4n) is 2.07. The molecule has 0 saturated carbocycles. The fraction of sp³-hybridized carbons (Fsp3) is 0.667. The highest BCUT2D eigenvalue weighted by Gasteiger charge is 2.13. The van der Waals surface area contributed by atoms with Crippen molar-refractivity contribution in [3.63, 3.8) is 0 Å². The average molecular weight is 209 g/mol. The summed E-state index contributed by atoms with van der Waals surface area (Å²) >= 11 is 1.99. The van der Waals surface area contributed by atoms with Crippen LogP contribution in [-0.4, -0.2) is 12.6 Å². The van der Waals surface area contributed by atoms with Gasteiger partial charge in [-0.2, -0.15) is 0 Å². The van der Waals surface area contributed by atoms with Gasteiger partial charge < -0.3 is 5.32 Å². The molecule has 2 heterocycles. The van der Waals surface area contributed by atoms with E-state index in [9.17, 15) is 0 Å². The largest absolute Gasteiger partial charge is 0.314 e. The van der Waals surface area contributed by atoms with E-state index in [1.165, 1.54) is 43.5 Å². The highest BCUT2D eigenvalue weighted by Crippen LogP contribution is 2.20. The van der Waals surface area contributed by atoms with Crippen molar-refractivity contribution < 1.29 is 0 Å². The van der Waals surface area contributed by atoms with Crippen molar-refractivity contribution in [3.8, 4) is 0 Å². The molecule has 0 bridgehead atoms. The van der Waals surface area contributed by atoms with Crippen LogP contribution in [0.25, 0.3) is 0 Å². The molecule has 14 heavy (non-hydrogen) atoms. The monoisotopic (exact) mass is 209 g/mol. The molecule has 1 aliphatic rings. The molecular formula is C12H19NS. The van der Waals surface area contributed by atoms with E-state index >= 15 is 0 Å². The maximum absolute atomic E-state index is 3.55. The van der Waals surface area contributed by atoms with Crippen molar-refractivity contribution in [1.82, 2.24) is 5.32 Å². The molecule has 2 heteroatoms. The smallest absolute Gasteiger partial charge is 0.00709 e. The lowest BCUT2D eigenvalue weighted by atomic mass is 10.1. The minimum absolute atomic E-state index is 0.794. The number of thiophene rings is 1. The molecule has 1 aliphatic heterocycles. The molecule has 0 aliphatic carbocycles. The van der Waals surface area contributed by atoms with Crippen LogP contribution < -0.4 is 5.32 Å². The first-order valence-corrected chi connectivity index (χ1v) is 6.51. The average Bonchev–Trinajstić information content (AvgIpc) is 2.86. The standard InChI is InChI=1S/C12H19NS/c1-2-11-7-8-12(14-11)6-5-10-4-3-9-13-10/h7-8,10,13H,2-6,9H2,1H3. The van der Waals surface area contributed by atoms with E-state index in [-0.39, 0.29) is 0 Å². The van der Waals surface area contributed by atoms with Gasteiger partial charge in [-0.1, -0.05) is 6.92 Å². The van der Waals surface area contributed by atoms with Crippen LogP contribution in [0.1, 0.15) is 35.9 Å². The molecular weight excluding hydrogens is 190 g/mol. The molecule has 0 amide bonds. The van der Waals surface area contributed by atoms with Gasteiger partial charge in [0.2, 0.25) is 0 Å². The number of hydrogen-bond donors (Lipinski definition) is 1. The molecule has 0 aromatic carbocycles. The summed E-state index contributed by atoms with van der Waals surface area (Å²) in [6.45, 7) is 3.46. The molecule has 0 radical (unpaired) electrons.